The number of hydrogen-bond acceptors (Lipinski definition) is 2. The van der Waals surface area contributed by atoms with Crippen LogP contribution in [0.1, 0.15) is 37.8 Å². The van der Waals surface area contributed by atoms with Crippen LogP contribution in [0.4, 0.5) is 0 Å². The zero-order chi connectivity index (χ0) is 13.7. The predicted octanol–water partition coefficient (Wildman–Crippen LogP) is 0.510. The highest BCUT2D eigenvalue weighted by atomic mass is 16.2. The second-order valence-corrected chi connectivity index (χ2v) is 9.35. The van der Waals surface area contributed by atoms with Gasteiger partial charge in [-0.1, -0.05) is 0 Å². The maximum absolute atomic E-state index is 12.6. The van der Waals surface area contributed by atoms with Crippen molar-refractivity contribution in [2.75, 3.05) is 0 Å². The van der Waals surface area contributed by atoms with Gasteiger partial charge in [0.1, 0.15) is 0 Å². The summed E-state index contributed by atoms with van der Waals surface area (Å²) in [6.07, 6.45) is 5.57. The van der Waals surface area contributed by atoms with Crippen molar-refractivity contribution in [3.8, 4) is 0 Å². The second kappa shape index (κ2) is 2.04. The molecule has 6 saturated carbocycles. The summed E-state index contributed by atoms with van der Waals surface area (Å²) in [7, 11) is 1.65. The van der Waals surface area contributed by atoms with Crippen LogP contribution in [0.15, 0.2) is 9.59 Å². The van der Waals surface area contributed by atoms with Crippen molar-refractivity contribution in [1.29, 1.82) is 0 Å². The summed E-state index contributed by atoms with van der Waals surface area (Å²) in [5, 5.41) is 0. The van der Waals surface area contributed by atoms with E-state index in [1.165, 1.54) is 30.3 Å². The summed E-state index contributed by atoms with van der Waals surface area (Å²) in [6, 6.07) is 0.757. The van der Waals surface area contributed by atoms with Gasteiger partial charge in [-0.05, 0) is 54.8 Å². The summed E-state index contributed by atoms with van der Waals surface area (Å²) in [5.41, 5.74) is 1.41. The topological polar surface area (TPSA) is 48.9 Å². The Labute approximate surface area is 120 Å². The van der Waals surface area contributed by atoms with Gasteiger partial charge in [-0.15, -0.1) is 0 Å². The molecular weight excluding hydrogens is 266 g/mol. The molecule has 0 N–H and O–H groups in total. The first-order chi connectivity index (χ1) is 10.1. The maximum atomic E-state index is 12.6. The summed E-state index contributed by atoms with van der Waals surface area (Å²) in [6.45, 7) is 0. The van der Waals surface area contributed by atoms with Crippen LogP contribution < -0.4 is 11.4 Å². The van der Waals surface area contributed by atoms with E-state index in [4.69, 9.17) is 0 Å². The van der Waals surface area contributed by atoms with Gasteiger partial charge in [0.05, 0.1) is 12.1 Å². The Hall–Kier alpha value is -1.26. The van der Waals surface area contributed by atoms with Crippen molar-refractivity contribution >= 4 is 0 Å². The van der Waals surface area contributed by atoms with E-state index in [-0.39, 0.29) is 11.4 Å². The van der Waals surface area contributed by atoms with E-state index >= 15 is 0 Å². The van der Waals surface area contributed by atoms with Crippen molar-refractivity contribution in [1.82, 2.24) is 13.9 Å². The van der Waals surface area contributed by atoms with Gasteiger partial charge in [0, 0.05) is 17.9 Å². The van der Waals surface area contributed by atoms with Crippen LogP contribution in [0, 0.1) is 39.9 Å². The second-order valence-electron chi connectivity index (χ2n) is 9.35. The SMILES string of the molecule is Cn1c(=O)n2n(c1=O)[C@H]1[C@H]3C4C5[C@@]6(CC7(CC7)C[C@@]516)[C@@H]2[C@@H]43. The Morgan fingerprint density at radius 1 is 0.905 bits per heavy atom. The molecule has 8 atom stereocenters. The molecule has 3 spiro atoms. The molecule has 21 heavy (non-hydrogen) atoms. The molecule has 1 aromatic rings. The van der Waals surface area contributed by atoms with Crippen molar-refractivity contribution in [2.45, 2.75) is 37.8 Å². The third-order valence-electron chi connectivity index (χ3n) is 9.27. The van der Waals surface area contributed by atoms with E-state index in [2.05, 4.69) is 0 Å². The van der Waals surface area contributed by atoms with Gasteiger partial charge >= 0.3 is 11.4 Å². The third-order valence-corrected chi connectivity index (χ3v) is 9.27. The molecule has 0 amide bonds. The Morgan fingerprint density at radius 2 is 1.43 bits per heavy atom. The molecule has 108 valence electrons. The number of rotatable bonds is 0. The molecule has 6 fully saturated rings. The van der Waals surface area contributed by atoms with Gasteiger partial charge in [0.15, 0.2) is 0 Å². The zero-order valence-corrected chi connectivity index (χ0v) is 12.0. The molecular formula is C16H17N3O2. The van der Waals surface area contributed by atoms with Gasteiger partial charge < -0.3 is 0 Å². The Kier molecular flexibility index (Phi) is 0.943. The largest absolute Gasteiger partial charge is 0.347 e. The normalized spacial score (nSPS) is 62.9. The zero-order valence-electron chi connectivity index (χ0n) is 12.0. The van der Waals surface area contributed by atoms with E-state index in [0.717, 1.165) is 23.7 Å². The lowest BCUT2D eigenvalue weighted by atomic mass is 9.73. The van der Waals surface area contributed by atoms with E-state index in [0.29, 0.717) is 28.3 Å². The molecule has 5 nitrogen and oxygen atoms in total. The monoisotopic (exact) mass is 283 g/mol. The first kappa shape index (κ1) is 9.70. The molecule has 0 saturated heterocycles. The highest BCUT2D eigenvalue weighted by Crippen LogP contribution is 3.08. The number of nitrogens with zero attached hydrogens (tertiary/aromatic N) is 3. The number of hydrogen-bond donors (Lipinski definition) is 0. The Bertz CT molecular complexity index is 865. The third kappa shape index (κ3) is 0.561. The van der Waals surface area contributed by atoms with E-state index in [1.807, 2.05) is 9.36 Å². The van der Waals surface area contributed by atoms with Crippen molar-refractivity contribution in [3.05, 3.63) is 21.0 Å². The van der Waals surface area contributed by atoms with Gasteiger partial charge in [0.25, 0.3) is 0 Å². The first-order valence-electron chi connectivity index (χ1n) is 8.49. The van der Waals surface area contributed by atoms with E-state index in [1.54, 1.807) is 7.05 Å². The van der Waals surface area contributed by atoms with Crippen LogP contribution in [0.25, 0.3) is 0 Å². The molecule has 0 aromatic carbocycles. The lowest BCUT2D eigenvalue weighted by Crippen LogP contribution is -2.51. The summed E-state index contributed by atoms with van der Waals surface area (Å²) >= 11 is 0. The summed E-state index contributed by atoms with van der Waals surface area (Å²) in [4.78, 5) is 25.3. The molecule has 8 aliphatic rings. The predicted molar refractivity (Wildman–Crippen MR) is 71.7 cm³/mol. The first-order valence-corrected chi connectivity index (χ1v) is 8.49. The van der Waals surface area contributed by atoms with Crippen LogP contribution in [0.3, 0.4) is 0 Å². The standard InChI is InChI=1S/C16H17N3O2/c1-17-12(20)18-10-7-6-8(7)11(19(18)13(17)21)16-5-14(2-3-14)4-15(10,16)9(6)16/h6-11H,2-5H2,1H3/t6?,7-,8-,9?,10-,11-,15-,16+/m0/s1. The van der Waals surface area contributed by atoms with Crippen molar-refractivity contribution < 1.29 is 0 Å². The summed E-state index contributed by atoms with van der Waals surface area (Å²) < 4.78 is 5.21. The molecule has 2 unspecified atom stereocenters. The Morgan fingerprint density at radius 3 is 1.90 bits per heavy atom. The fourth-order valence-corrected chi connectivity index (χ4v) is 9.08. The van der Waals surface area contributed by atoms with Gasteiger partial charge in [-0.25, -0.2) is 23.5 Å². The van der Waals surface area contributed by atoms with E-state index in [9.17, 15) is 9.59 Å². The highest BCUT2D eigenvalue weighted by Gasteiger charge is 3.05. The maximum Gasteiger partial charge on any atom is 0.347 e. The Balaban J connectivity index is 1.55. The minimum atomic E-state index is -0.0497. The average molecular weight is 283 g/mol. The van der Waals surface area contributed by atoms with Crippen molar-refractivity contribution in [2.24, 2.45) is 47.0 Å². The van der Waals surface area contributed by atoms with Gasteiger partial charge in [-0.2, -0.15) is 0 Å². The lowest BCUT2D eigenvalue weighted by molar-refractivity contribution is 0.0178. The fraction of sp³-hybridized carbons (Fsp3) is 0.875. The molecule has 2 bridgehead atoms. The lowest BCUT2D eigenvalue weighted by Gasteiger charge is -2.45. The average Bonchev–Trinajstić information content (AvgIpc) is 3.34. The highest BCUT2D eigenvalue weighted by molar-refractivity contribution is 5.52. The van der Waals surface area contributed by atoms with Crippen LogP contribution >= 0.6 is 0 Å². The fourth-order valence-electron chi connectivity index (χ4n) is 9.08. The number of aromatic nitrogens is 3. The van der Waals surface area contributed by atoms with Crippen LogP contribution in [0.2, 0.25) is 0 Å². The van der Waals surface area contributed by atoms with Gasteiger partial charge in [0.2, 0.25) is 0 Å². The van der Waals surface area contributed by atoms with Crippen molar-refractivity contribution in [3.63, 3.8) is 0 Å². The molecule has 0 radical (unpaired) electrons. The van der Waals surface area contributed by atoms with Gasteiger partial charge in [-0.3, -0.25) is 0 Å². The molecule has 3 heterocycles. The smallest absolute Gasteiger partial charge is 0.246 e. The molecule has 2 aliphatic heterocycles. The van der Waals surface area contributed by atoms with Crippen LogP contribution in [0.5, 0.6) is 0 Å². The quantitative estimate of drug-likeness (QED) is 0.696. The van der Waals surface area contributed by atoms with Crippen LogP contribution in [-0.2, 0) is 7.05 Å². The van der Waals surface area contributed by atoms with E-state index < -0.39 is 0 Å². The molecule has 9 rings (SSSR count). The molecule has 5 heteroatoms. The van der Waals surface area contributed by atoms with Crippen LogP contribution in [-0.4, -0.2) is 13.9 Å². The molecule has 6 aliphatic carbocycles. The minimum Gasteiger partial charge on any atom is -0.246 e. The minimum absolute atomic E-state index is 0.0497. The molecule has 1 aromatic heterocycles. The summed E-state index contributed by atoms with van der Waals surface area (Å²) in [5.74, 6) is 3.23.